The van der Waals surface area contributed by atoms with Crippen molar-refractivity contribution in [1.29, 1.82) is 0 Å². The van der Waals surface area contributed by atoms with Gasteiger partial charge in [-0.1, -0.05) is 12.1 Å². The van der Waals surface area contributed by atoms with E-state index in [9.17, 15) is 14.0 Å². The van der Waals surface area contributed by atoms with Crippen LogP contribution in [0.3, 0.4) is 0 Å². The molecule has 5 nitrogen and oxygen atoms in total. The van der Waals surface area contributed by atoms with Crippen LogP contribution in [0.5, 0.6) is 0 Å². The van der Waals surface area contributed by atoms with Crippen LogP contribution < -0.4 is 10.6 Å². The Hall–Kier alpha value is -2.63. The average molecular weight is 276 g/mol. The monoisotopic (exact) mass is 276 g/mol. The van der Waals surface area contributed by atoms with Crippen LogP contribution in [0.25, 0.3) is 0 Å². The molecule has 20 heavy (non-hydrogen) atoms. The van der Waals surface area contributed by atoms with Gasteiger partial charge in [-0.2, -0.15) is 0 Å². The van der Waals surface area contributed by atoms with E-state index in [1.165, 1.54) is 24.5 Å². The van der Waals surface area contributed by atoms with Gasteiger partial charge in [-0.15, -0.1) is 0 Å². The van der Waals surface area contributed by atoms with Gasteiger partial charge in [0.25, 0.3) is 0 Å². The fraction of sp³-hybridized carbons (Fsp3) is 0.143. The molecule has 0 saturated heterocycles. The highest BCUT2D eigenvalue weighted by Gasteiger charge is 2.14. The number of furan rings is 1. The summed E-state index contributed by atoms with van der Waals surface area (Å²) < 4.78 is 18.4. The average Bonchev–Trinajstić information content (AvgIpc) is 2.94. The lowest BCUT2D eigenvalue weighted by atomic mass is 10.3. The van der Waals surface area contributed by atoms with Gasteiger partial charge in [-0.3, -0.25) is 9.59 Å². The fourth-order valence-corrected chi connectivity index (χ4v) is 1.58. The summed E-state index contributed by atoms with van der Waals surface area (Å²) in [5.74, 6) is -1.61. The molecule has 6 heteroatoms. The summed E-state index contributed by atoms with van der Waals surface area (Å²) in [6.45, 7) is 0.261. The standard InChI is InChI=1S/C14H13FN2O3/c15-11-5-1-2-6-12(11)17-14(19)13(18)16-8-7-10-4-3-9-20-10/h1-6,9H,7-8H2,(H,16,18)(H,17,19). The molecule has 0 aliphatic carbocycles. The van der Waals surface area contributed by atoms with Gasteiger partial charge in [-0.25, -0.2) is 4.39 Å². The van der Waals surface area contributed by atoms with Crippen LogP contribution in [0.4, 0.5) is 10.1 Å². The van der Waals surface area contributed by atoms with Crippen molar-refractivity contribution < 1.29 is 18.4 Å². The fourth-order valence-electron chi connectivity index (χ4n) is 1.58. The molecule has 2 aromatic rings. The van der Waals surface area contributed by atoms with E-state index in [4.69, 9.17) is 4.42 Å². The second kappa shape index (κ2) is 6.51. The minimum Gasteiger partial charge on any atom is -0.469 e. The van der Waals surface area contributed by atoms with Crippen LogP contribution in [0.15, 0.2) is 47.1 Å². The van der Waals surface area contributed by atoms with Crippen molar-refractivity contribution in [3.8, 4) is 0 Å². The van der Waals surface area contributed by atoms with Crippen LogP contribution in [0.1, 0.15) is 5.76 Å². The highest BCUT2D eigenvalue weighted by Crippen LogP contribution is 2.11. The molecule has 0 atom stereocenters. The third kappa shape index (κ3) is 3.68. The number of hydrogen-bond donors (Lipinski definition) is 2. The lowest BCUT2D eigenvalue weighted by Crippen LogP contribution is -2.36. The summed E-state index contributed by atoms with van der Waals surface area (Å²) in [5.41, 5.74) is -0.0290. The topological polar surface area (TPSA) is 71.3 Å². The number of rotatable bonds is 4. The molecule has 2 N–H and O–H groups in total. The lowest BCUT2D eigenvalue weighted by Gasteiger charge is -2.06. The number of carbonyl (C=O) groups is 2. The minimum absolute atomic E-state index is 0.0290. The molecule has 1 heterocycles. The first-order valence-corrected chi connectivity index (χ1v) is 6.03. The van der Waals surface area contributed by atoms with E-state index < -0.39 is 17.6 Å². The van der Waals surface area contributed by atoms with Gasteiger partial charge in [0.1, 0.15) is 11.6 Å². The molecule has 0 radical (unpaired) electrons. The maximum Gasteiger partial charge on any atom is 0.313 e. The number of carbonyl (C=O) groups excluding carboxylic acids is 2. The van der Waals surface area contributed by atoms with Crippen molar-refractivity contribution in [2.75, 3.05) is 11.9 Å². The number of benzene rings is 1. The Morgan fingerprint density at radius 1 is 1.10 bits per heavy atom. The third-order valence-electron chi connectivity index (χ3n) is 2.57. The molecule has 0 bridgehead atoms. The van der Waals surface area contributed by atoms with Gasteiger partial charge in [0.15, 0.2) is 0 Å². The summed E-state index contributed by atoms with van der Waals surface area (Å²) in [6.07, 6.45) is 2.01. The van der Waals surface area contributed by atoms with Gasteiger partial charge in [0, 0.05) is 13.0 Å². The highest BCUT2D eigenvalue weighted by atomic mass is 19.1. The molecular weight excluding hydrogens is 263 g/mol. The quantitative estimate of drug-likeness (QED) is 0.835. The number of anilines is 1. The van der Waals surface area contributed by atoms with E-state index in [0.29, 0.717) is 12.2 Å². The zero-order chi connectivity index (χ0) is 14.4. The molecule has 1 aromatic carbocycles. The molecule has 0 saturated carbocycles. The van der Waals surface area contributed by atoms with Crippen molar-refractivity contribution >= 4 is 17.5 Å². The van der Waals surface area contributed by atoms with Gasteiger partial charge < -0.3 is 15.1 Å². The number of para-hydroxylation sites is 1. The van der Waals surface area contributed by atoms with Crippen LogP contribution in [0.2, 0.25) is 0 Å². The van der Waals surface area contributed by atoms with Gasteiger partial charge in [-0.05, 0) is 24.3 Å². The summed E-state index contributed by atoms with van der Waals surface area (Å²) >= 11 is 0. The first kappa shape index (κ1) is 13.8. The van der Waals surface area contributed by atoms with Gasteiger partial charge >= 0.3 is 11.8 Å². The smallest absolute Gasteiger partial charge is 0.313 e. The van der Waals surface area contributed by atoms with Crippen molar-refractivity contribution in [1.82, 2.24) is 5.32 Å². The summed E-state index contributed by atoms with van der Waals surface area (Å²) in [5, 5.41) is 4.63. The normalized spacial score (nSPS) is 10.1. The Labute approximate surface area is 114 Å². The summed E-state index contributed by atoms with van der Waals surface area (Å²) in [6, 6.07) is 9.14. The highest BCUT2D eigenvalue weighted by molar-refractivity contribution is 6.39. The molecule has 0 aliphatic heterocycles. The largest absolute Gasteiger partial charge is 0.469 e. The number of halogens is 1. The molecule has 0 fully saturated rings. The van der Waals surface area contributed by atoms with Crippen molar-refractivity contribution in [3.63, 3.8) is 0 Å². The number of hydrogen-bond acceptors (Lipinski definition) is 3. The molecule has 104 valence electrons. The summed E-state index contributed by atoms with van der Waals surface area (Å²) in [7, 11) is 0. The molecule has 0 unspecified atom stereocenters. The van der Waals surface area contributed by atoms with Gasteiger partial charge in [0.2, 0.25) is 0 Å². The van der Waals surface area contributed by atoms with E-state index in [1.807, 2.05) is 0 Å². The predicted octanol–water partition coefficient (Wildman–Crippen LogP) is 1.72. The Morgan fingerprint density at radius 3 is 2.60 bits per heavy atom. The minimum atomic E-state index is -0.908. The van der Waals surface area contributed by atoms with E-state index in [0.717, 1.165) is 0 Å². The van der Waals surface area contributed by atoms with E-state index in [-0.39, 0.29) is 12.2 Å². The van der Waals surface area contributed by atoms with Crippen molar-refractivity contribution in [3.05, 3.63) is 54.2 Å². The molecule has 0 aliphatic rings. The number of amides is 2. The van der Waals surface area contributed by atoms with Crippen LogP contribution in [-0.2, 0) is 16.0 Å². The van der Waals surface area contributed by atoms with Crippen molar-refractivity contribution in [2.24, 2.45) is 0 Å². The maximum atomic E-state index is 13.3. The number of nitrogens with one attached hydrogen (secondary N) is 2. The zero-order valence-corrected chi connectivity index (χ0v) is 10.6. The first-order chi connectivity index (χ1) is 9.66. The Morgan fingerprint density at radius 2 is 1.90 bits per heavy atom. The van der Waals surface area contributed by atoms with Gasteiger partial charge in [0.05, 0.1) is 12.0 Å². The van der Waals surface area contributed by atoms with Crippen LogP contribution in [0, 0.1) is 5.82 Å². The Bertz CT molecular complexity index is 596. The second-order valence-electron chi connectivity index (χ2n) is 4.02. The Balaban J connectivity index is 1.80. The molecule has 2 amide bonds. The van der Waals surface area contributed by atoms with Crippen LogP contribution in [-0.4, -0.2) is 18.4 Å². The van der Waals surface area contributed by atoms with E-state index in [1.54, 1.807) is 18.2 Å². The predicted molar refractivity (Wildman–Crippen MR) is 70.5 cm³/mol. The molecule has 1 aromatic heterocycles. The van der Waals surface area contributed by atoms with Crippen LogP contribution >= 0.6 is 0 Å². The maximum absolute atomic E-state index is 13.3. The summed E-state index contributed by atoms with van der Waals surface area (Å²) in [4.78, 5) is 23.1. The second-order valence-corrected chi connectivity index (χ2v) is 4.02. The van der Waals surface area contributed by atoms with E-state index in [2.05, 4.69) is 10.6 Å². The Kier molecular flexibility index (Phi) is 4.49. The first-order valence-electron chi connectivity index (χ1n) is 6.03. The molecule has 2 rings (SSSR count). The lowest BCUT2D eigenvalue weighted by molar-refractivity contribution is -0.136. The van der Waals surface area contributed by atoms with Crippen molar-refractivity contribution in [2.45, 2.75) is 6.42 Å². The zero-order valence-electron chi connectivity index (χ0n) is 10.6. The van der Waals surface area contributed by atoms with E-state index >= 15 is 0 Å². The molecular formula is C14H13FN2O3. The third-order valence-corrected chi connectivity index (χ3v) is 2.57. The SMILES string of the molecule is O=C(NCCc1ccco1)C(=O)Nc1ccccc1F. The molecule has 0 spiro atoms.